The first-order valence-electron chi connectivity index (χ1n) is 35.0. The van der Waals surface area contributed by atoms with E-state index in [2.05, 4.69) is 16.0 Å². The van der Waals surface area contributed by atoms with Crippen molar-refractivity contribution >= 4 is 29.7 Å². The lowest BCUT2D eigenvalue weighted by Gasteiger charge is -2.22. The molecule has 0 radical (unpaired) electrons. The van der Waals surface area contributed by atoms with Gasteiger partial charge in [0.1, 0.15) is 11.6 Å². The monoisotopic (exact) mass is 1450 g/mol. The van der Waals surface area contributed by atoms with Crippen LogP contribution in [-0.4, -0.2) is 382 Å². The molecular formula is C66H124N4O30. The number of nitrogens with one attached hydrogen (secondary N) is 3. The Hall–Kier alpha value is -3.87. The number of unbranched alkanes of at least 4 members (excludes halogenated alkanes) is 2. The number of aliphatic hydroxyl groups is 1. The lowest BCUT2D eigenvalue weighted by molar-refractivity contribution is -0.137. The number of alkyl carbamates (subject to hydrolysis) is 1. The van der Waals surface area contributed by atoms with Crippen molar-refractivity contribution in [3.63, 3.8) is 0 Å². The maximum Gasteiger partial charge on any atom is 0.407 e. The summed E-state index contributed by atoms with van der Waals surface area (Å²) in [7, 11) is 0. The highest BCUT2D eigenvalue weighted by Crippen LogP contribution is 2.09. The van der Waals surface area contributed by atoms with Crippen LogP contribution in [0.3, 0.4) is 0 Å². The van der Waals surface area contributed by atoms with Gasteiger partial charge < -0.3 is 135 Å². The highest BCUT2D eigenvalue weighted by atomic mass is 16.6. The predicted molar refractivity (Wildman–Crippen MR) is 359 cm³/mol. The molecule has 34 heteroatoms. The minimum absolute atomic E-state index is 0.0131. The summed E-state index contributed by atoms with van der Waals surface area (Å²) in [5, 5.41) is 16.5. The molecule has 100 heavy (non-hydrogen) atoms. The fraction of sp³-hybridized carbons (Fsp3) is 0.894. The van der Waals surface area contributed by atoms with Gasteiger partial charge >= 0.3 is 6.09 Å². The van der Waals surface area contributed by atoms with Crippen molar-refractivity contribution in [2.24, 2.45) is 0 Å². The molecule has 0 aliphatic carbocycles. The van der Waals surface area contributed by atoms with Crippen molar-refractivity contribution in [1.82, 2.24) is 20.9 Å². The molecule has 0 aromatic rings. The van der Waals surface area contributed by atoms with E-state index in [0.717, 1.165) is 4.90 Å². The van der Waals surface area contributed by atoms with E-state index in [1.165, 1.54) is 12.2 Å². The standard InChI is InChI=1S/C66H124N4O30/c1-66(2,3)100-65(76)68-59-60(69-61(72)7-5-4-6-11-70-62(73)8-9-63(70)74)64(75)67-10-13-77-15-17-79-19-21-81-23-25-83-27-29-85-31-33-87-35-37-89-39-41-91-43-45-93-47-49-95-51-53-97-55-57-99-58-56-98-54-52-96-50-48-94-46-44-92-42-40-90-38-36-88-34-32-86-30-28-84-26-24-82-22-20-80-18-16-78-14-12-71/h8-9,60,71H,4-7,10-59H2,1-3H3,(H,67,75)(H,68,76)(H,69,72). The number of carbonyl (C=O) groups is 5. The van der Waals surface area contributed by atoms with Crippen LogP contribution < -0.4 is 16.0 Å². The molecule has 1 rings (SSSR count). The van der Waals surface area contributed by atoms with Gasteiger partial charge in [0, 0.05) is 31.7 Å². The molecule has 34 nitrogen and oxygen atoms in total. The normalized spacial score (nSPS) is 12.7. The second-order valence-electron chi connectivity index (χ2n) is 22.1. The zero-order chi connectivity index (χ0) is 72.2. The summed E-state index contributed by atoms with van der Waals surface area (Å²) < 4.78 is 132. The molecule has 5 amide bonds. The number of carbonyl (C=O) groups excluding carboxylic acids is 5. The summed E-state index contributed by atoms with van der Waals surface area (Å²) in [6.07, 6.45) is 3.44. The van der Waals surface area contributed by atoms with E-state index in [1.807, 2.05) is 0 Å². The number of hydrogen-bond donors (Lipinski definition) is 4. The van der Waals surface area contributed by atoms with Crippen LogP contribution in [0.25, 0.3) is 0 Å². The summed E-state index contributed by atoms with van der Waals surface area (Å²) in [6.45, 7) is 25.9. The van der Waals surface area contributed by atoms with Crippen LogP contribution in [0.2, 0.25) is 0 Å². The fourth-order valence-corrected chi connectivity index (χ4v) is 7.73. The van der Waals surface area contributed by atoms with Crippen molar-refractivity contribution < 1.29 is 143 Å². The van der Waals surface area contributed by atoms with Gasteiger partial charge in [-0.2, -0.15) is 0 Å². The summed E-state index contributed by atoms with van der Waals surface area (Å²) >= 11 is 0. The van der Waals surface area contributed by atoms with E-state index >= 15 is 0 Å². The molecule has 1 heterocycles. The number of imide groups is 1. The van der Waals surface area contributed by atoms with E-state index < -0.39 is 23.6 Å². The fourth-order valence-electron chi connectivity index (χ4n) is 7.73. The Morgan fingerprint density at radius 3 is 0.830 bits per heavy atom. The Morgan fingerprint density at radius 2 is 0.590 bits per heavy atom. The third-order valence-corrected chi connectivity index (χ3v) is 12.7. The Balaban J connectivity index is 1.72. The number of hydrogen-bond acceptors (Lipinski definition) is 30. The van der Waals surface area contributed by atoms with E-state index in [-0.39, 0.29) is 63.6 Å². The van der Waals surface area contributed by atoms with Crippen molar-refractivity contribution in [3.8, 4) is 0 Å². The first-order chi connectivity index (χ1) is 49.0. The molecule has 0 fully saturated rings. The predicted octanol–water partition coefficient (Wildman–Crippen LogP) is -0.0284. The Labute approximate surface area is 592 Å². The third-order valence-electron chi connectivity index (χ3n) is 12.7. The number of nitrogens with zero attached hydrogens (tertiary/aromatic N) is 1. The molecule has 588 valence electrons. The lowest BCUT2D eigenvalue weighted by atomic mass is 10.1. The van der Waals surface area contributed by atoms with Gasteiger partial charge in [0.15, 0.2) is 0 Å². The van der Waals surface area contributed by atoms with Crippen molar-refractivity contribution in [3.05, 3.63) is 12.2 Å². The van der Waals surface area contributed by atoms with Crippen LogP contribution in [0.5, 0.6) is 0 Å². The Morgan fingerprint density at radius 1 is 0.350 bits per heavy atom. The number of aliphatic hydroxyl groups excluding tert-OH is 1. The quantitative estimate of drug-likeness (QED) is 0.0459. The van der Waals surface area contributed by atoms with Gasteiger partial charge in [-0.15, -0.1) is 0 Å². The van der Waals surface area contributed by atoms with Crippen molar-refractivity contribution in [2.45, 2.75) is 58.1 Å². The van der Waals surface area contributed by atoms with Gasteiger partial charge in [-0.1, -0.05) is 6.42 Å². The highest BCUT2D eigenvalue weighted by Gasteiger charge is 2.25. The van der Waals surface area contributed by atoms with Gasteiger partial charge in [0.25, 0.3) is 11.8 Å². The number of ether oxygens (including phenoxy) is 24. The number of amides is 5. The van der Waals surface area contributed by atoms with Crippen LogP contribution in [-0.2, 0) is 133 Å². The van der Waals surface area contributed by atoms with E-state index in [4.69, 9.17) is 119 Å². The van der Waals surface area contributed by atoms with Crippen LogP contribution >= 0.6 is 0 Å². The largest absolute Gasteiger partial charge is 0.444 e. The molecule has 1 aliphatic rings. The molecule has 1 unspecified atom stereocenters. The molecule has 0 spiro atoms. The number of rotatable bonds is 81. The first-order valence-corrected chi connectivity index (χ1v) is 35.0. The third kappa shape index (κ3) is 69.8. The van der Waals surface area contributed by atoms with E-state index in [1.54, 1.807) is 20.8 Å². The molecule has 1 aliphatic heterocycles. The molecule has 0 aromatic heterocycles. The van der Waals surface area contributed by atoms with Crippen LogP contribution in [0, 0.1) is 0 Å². The van der Waals surface area contributed by atoms with E-state index in [9.17, 15) is 24.0 Å². The topological polar surface area (TPSA) is 366 Å². The SMILES string of the molecule is CC(C)(C)OC(=O)NCC(NC(=O)CCCCCN1C(=O)C=CC1=O)C(=O)NCCOCCOCCOCCOCCOCCOCCOCCOCCOCCOCCOCCOCCOCCOCCOCCOCCOCCOCCOCCOCCOCCOCCOCCO. The molecule has 0 bridgehead atoms. The summed E-state index contributed by atoms with van der Waals surface area (Å²) in [5.41, 5.74) is -0.749. The smallest absolute Gasteiger partial charge is 0.407 e. The molecule has 0 aromatic carbocycles. The van der Waals surface area contributed by atoms with Gasteiger partial charge in [-0.05, 0) is 33.6 Å². The lowest BCUT2D eigenvalue weighted by Crippen LogP contribution is -2.53. The van der Waals surface area contributed by atoms with Crippen molar-refractivity contribution in [2.75, 3.05) is 330 Å². The maximum absolute atomic E-state index is 13.0. The molecular weight excluding hydrogens is 1330 g/mol. The molecule has 0 saturated heterocycles. The van der Waals surface area contributed by atoms with Gasteiger partial charge in [-0.3, -0.25) is 24.1 Å². The summed E-state index contributed by atoms with van der Waals surface area (Å²) in [6, 6.07) is -1.06. The molecule has 1 atom stereocenters. The summed E-state index contributed by atoms with van der Waals surface area (Å²) in [4.78, 5) is 62.5. The van der Waals surface area contributed by atoms with Gasteiger partial charge in [0.2, 0.25) is 11.8 Å². The van der Waals surface area contributed by atoms with Crippen LogP contribution in [0.4, 0.5) is 4.79 Å². The minimum Gasteiger partial charge on any atom is -0.444 e. The first kappa shape index (κ1) is 94.1. The maximum atomic E-state index is 13.0. The van der Waals surface area contributed by atoms with E-state index in [0.29, 0.717) is 310 Å². The summed E-state index contributed by atoms with van der Waals surface area (Å²) in [5.74, 6) is -1.60. The van der Waals surface area contributed by atoms with Crippen LogP contribution in [0.1, 0.15) is 46.5 Å². The Kier molecular flexibility index (Phi) is 70.4. The van der Waals surface area contributed by atoms with Gasteiger partial charge in [-0.25, -0.2) is 4.79 Å². The van der Waals surface area contributed by atoms with Gasteiger partial charge in [0.05, 0.1) is 317 Å². The molecule has 0 saturated carbocycles. The minimum atomic E-state index is -1.06. The molecule has 4 N–H and O–H groups in total. The van der Waals surface area contributed by atoms with Crippen molar-refractivity contribution in [1.29, 1.82) is 0 Å². The highest BCUT2D eigenvalue weighted by molar-refractivity contribution is 6.12. The zero-order valence-corrected chi connectivity index (χ0v) is 60.1. The Bertz CT molecular complexity index is 1850. The van der Waals surface area contributed by atoms with Crippen LogP contribution in [0.15, 0.2) is 12.2 Å². The average molecular weight is 1450 g/mol. The second-order valence-corrected chi connectivity index (χ2v) is 22.1. The average Bonchev–Trinajstić information content (AvgIpc) is 1.74. The second kappa shape index (κ2) is 74.8. The zero-order valence-electron chi connectivity index (χ0n) is 60.1.